The first kappa shape index (κ1) is 30.2. The Kier molecular flexibility index (Phi) is 19.3. The molecule has 0 saturated heterocycles. The summed E-state index contributed by atoms with van der Waals surface area (Å²) in [4.78, 5) is 0. The summed E-state index contributed by atoms with van der Waals surface area (Å²) in [5.74, 6) is 2.58. The lowest BCUT2D eigenvalue weighted by Gasteiger charge is -2.16. The van der Waals surface area contributed by atoms with Crippen molar-refractivity contribution in [3.8, 4) is 0 Å². The molecule has 0 aliphatic heterocycles. The van der Waals surface area contributed by atoms with Crippen molar-refractivity contribution >= 4 is 0 Å². The van der Waals surface area contributed by atoms with Crippen LogP contribution in [0.15, 0.2) is 34.9 Å². The molecule has 0 fully saturated rings. The third-order valence-corrected chi connectivity index (χ3v) is 6.74. The lowest BCUT2D eigenvalue weighted by molar-refractivity contribution is 0.341. The number of aliphatic hydroxyl groups is 1. The second-order valence-electron chi connectivity index (χ2n) is 10.8. The van der Waals surface area contributed by atoms with Crippen LogP contribution in [0.2, 0.25) is 0 Å². The first-order valence-corrected chi connectivity index (χ1v) is 13.3. The minimum Gasteiger partial charge on any atom is -0.392 e. The molecule has 0 aromatic rings. The van der Waals surface area contributed by atoms with Crippen molar-refractivity contribution in [1.82, 2.24) is 0 Å². The molecule has 0 aromatic carbocycles. The Morgan fingerprint density at radius 1 is 0.581 bits per heavy atom. The molecule has 1 heteroatoms. The van der Waals surface area contributed by atoms with Crippen LogP contribution in [0, 0.1) is 17.8 Å². The molecule has 0 bridgehead atoms. The second kappa shape index (κ2) is 19.8. The van der Waals surface area contributed by atoms with Crippen LogP contribution < -0.4 is 0 Å². The first-order valence-electron chi connectivity index (χ1n) is 13.3. The van der Waals surface area contributed by atoms with Crippen molar-refractivity contribution in [1.29, 1.82) is 0 Å². The van der Waals surface area contributed by atoms with Crippen molar-refractivity contribution in [2.75, 3.05) is 6.61 Å². The number of allylic oxidation sites excluding steroid dienone is 5. The van der Waals surface area contributed by atoms with Gasteiger partial charge in [-0.2, -0.15) is 0 Å². The van der Waals surface area contributed by atoms with Crippen LogP contribution in [0.1, 0.15) is 132 Å². The molecule has 0 aliphatic rings. The molecule has 0 heterocycles. The van der Waals surface area contributed by atoms with Gasteiger partial charge >= 0.3 is 0 Å². The van der Waals surface area contributed by atoms with Crippen LogP contribution in [0.5, 0.6) is 0 Å². The summed E-state index contributed by atoms with van der Waals surface area (Å²) in [6.07, 6.45) is 23.9. The zero-order valence-corrected chi connectivity index (χ0v) is 22.3. The van der Waals surface area contributed by atoms with E-state index in [0.717, 1.165) is 24.2 Å². The van der Waals surface area contributed by atoms with Gasteiger partial charge in [0, 0.05) is 0 Å². The summed E-state index contributed by atoms with van der Waals surface area (Å²) >= 11 is 0. The molecular weight excluding hydrogens is 376 g/mol. The maximum atomic E-state index is 8.92. The predicted molar refractivity (Wildman–Crippen MR) is 142 cm³/mol. The van der Waals surface area contributed by atoms with Gasteiger partial charge in [0.1, 0.15) is 0 Å². The number of rotatable bonds is 19. The molecular formula is C30H56O. The van der Waals surface area contributed by atoms with Gasteiger partial charge in [0.15, 0.2) is 0 Å². The third-order valence-electron chi connectivity index (χ3n) is 6.74. The van der Waals surface area contributed by atoms with Gasteiger partial charge in [0.05, 0.1) is 6.61 Å². The van der Waals surface area contributed by atoms with Gasteiger partial charge in [-0.05, 0) is 84.0 Å². The number of hydrogen-bond donors (Lipinski definition) is 1. The smallest absolute Gasteiger partial charge is 0.0614 e. The third kappa shape index (κ3) is 20.8. The van der Waals surface area contributed by atoms with E-state index in [1.165, 1.54) is 88.2 Å². The highest BCUT2D eigenvalue weighted by molar-refractivity contribution is 5.02. The van der Waals surface area contributed by atoms with Gasteiger partial charge in [-0.3, -0.25) is 0 Å². The summed E-state index contributed by atoms with van der Waals surface area (Å²) in [5.41, 5.74) is 4.33. The first-order chi connectivity index (χ1) is 14.7. The van der Waals surface area contributed by atoms with E-state index in [9.17, 15) is 0 Å². The van der Waals surface area contributed by atoms with Crippen LogP contribution >= 0.6 is 0 Å². The largest absolute Gasteiger partial charge is 0.392 e. The lowest BCUT2D eigenvalue weighted by atomic mass is 9.90. The molecule has 182 valence electrons. The van der Waals surface area contributed by atoms with E-state index in [1.807, 2.05) is 6.08 Å². The van der Waals surface area contributed by atoms with Gasteiger partial charge in [-0.1, -0.05) is 101 Å². The Balaban J connectivity index is 3.74. The zero-order chi connectivity index (χ0) is 23.5. The highest BCUT2D eigenvalue weighted by Gasteiger charge is 2.08. The molecule has 1 N–H and O–H groups in total. The standard InChI is InChI=1S/C30H56O/c1-25(2)13-8-14-26(3)15-9-16-27(4)17-10-18-28(5)19-11-20-29(6)21-12-22-30(7)23-24-31/h13,15,23,27-29,31H,8-12,14,16-22,24H2,1-7H3/b26-15+,30-23+. The molecule has 0 aliphatic carbocycles. The second-order valence-corrected chi connectivity index (χ2v) is 10.8. The highest BCUT2D eigenvalue weighted by Crippen LogP contribution is 2.23. The number of hydrogen-bond acceptors (Lipinski definition) is 1. The minimum absolute atomic E-state index is 0.186. The molecule has 3 unspecified atom stereocenters. The van der Waals surface area contributed by atoms with E-state index in [0.29, 0.717) is 0 Å². The molecule has 3 atom stereocenters. The van der Waals surface area contributed by atoms with Gasteiger partial charge in [0.2, 0.25) is 0 Å². The van der Waals surface area contributed by atoms with E-state index >= 15 is 0 Å². The van der Waals surface area contributed by atoms with Crippen LogP contribution in [0.4, 0.5) is 0 Å². The van der Waals surface area contributed by atoms with Crippen LogP contribution in [-0.2, 0) is 0 Å². The van der Waals surface area contributed by atoms with Crippen molar-refractivity contribution in [2.24, 2.45) is 17.8 Å². The topological polar surface area (TPSA) is 20.2 Å². The van der Waals surface area contributed by atoms with Crippen molar-refractivity contribution in [2.45, 2.75) is 132 Å². The van der Waals surface area contributed by atoms with Gasteiger partial charge in [-0.25, -0.2) is 0 Å². The predicted octanol–water partition coefficient (Wildman–Crippen LogP) is 9.82. The van der Waals surface area contributed by atoms with Gasteiger partial charge in [-0.15, -0.1) is 0 Å². The average molecular weight is 433 g/mol. The van der Waals surface area contributed by atoms with E-state index in [-0.39, 0.29) is 6.61 Å². The monoisotopic (exact) mass is 432 g/mol. The van der Waals surface area contributed by atoms with Crippen LogP contribution in [0.25, 0.3) is 0 Å². The van der Waals surface area contributed by atoms with E-state index in [1.54, 1.807) is 5.57 Å². The Bertz CT molecular complexity index is 507. The molecule has 31 heavy (non-hydrogen) atoms. The highest BCUT2D eigenvalue weighted by atomic mass is 16.2. The van der Waals surface area contributed by atoms with E-state index in [2.05, 4.69) is 60.6 Å². The molecule has 0 amide bonds. The Morgan fingerprint density at radius 2 is 1.06 bits per heavy atom. The maximum absolute atomic E-state index is 8.92. The molecule has 0 spiro atoms. The van der Waals surface area contributed by atoms with E-state index < -0.39 is 0 Å². The lowest BCUT2D eigenvalue weighted by Crippen LogP contribution is -2.01. The fourth-order valence-corrected chi connectivity index (χ4v) is 4.35. The average Bonchev–Trinajstić information content (AvgIpc) is 2.68. The van der Waals surface area contributed by atoms with Gasteiger partial charge < -0.3 is 5.11 Å². The van der Waals surface area contributed by atoms with Crippen LogP contribution in [-0.4, -0.2) is 11.7 Å². The van der Waals surface area contributed by atoms with Crippen molar-refractivity contribution in [3.05, 3.63) is 34.9 Å². The van der Waals surface area contributed by atoms with E-state index in [4.69, 9.17) is 5.11 Å². The molecule has 0 aromatic heterocycles. The van der Waals surface area contributed by atoms with Gasteiger partial charge in [0.25, 0.3) is 0 Å². The maximum Gasteiger partial charge on any atom is 0.0614 e. The normalized spacial score (nSPS) is 15.6. The Labute approximate surface area is 196 Å². The fraction of sp³-hybridized carbons (Fsp3) is 0.800. The summed E-state index contributed by atoms with van der Waals surface area (Å²) in [5, 5.41) is 8.92. The molecule has 0 rings (SSSR count). The zero-order valence-electron chi connectivity index (χ0n) is 22.3. The summed E-state index contributed by atoms with van der Waals surface area (Å²) in [7, 11) is 0. The van der Waals surface area contributed by atoms with Crippen LogP contribution in [0.3, 0.4) is 0 Å². The molecule has 1 nitrogen and oxygen atoms in total. The summed E-state index contributed by atoms with van der Waals surface area (Å²) in [6, 6.07) is 0. The summed E-state index contributed by atoms with van der Waals surface area (Å²) in [6.45, 7) is 16.3. The van der Waals surface area contributed by atoms with Crippen molar-refractivity contribution in [3.63, 3.8) is 0 Å². The Hall–Kier alpha value is -0.820. The van der Waals surface area contributed by atoms with Crippen molar-refractivity contribution < 1.29 is 5.11 Å². The molecule has 0 saturated carbocycles. The Morgan fingerprint density at radius 3 is 1.58 bits per heavy atom. The minimum atomic E-state index is 0.186. The fourth-order valence-electron chi connectivity index (χ4n) is 4.35. The quantitative estimate of drug-likeness (QED) is 0.201. The number of aliphatic hydroxyl groups excluding tert-OH is 1. The molecule has 0 radical (unpaired) electrons. The SMILES string of the molecule is CC(C)=CCC/C(C)=C/CCC(C)CCCC(C)CCCC(C)CCC/C(C)=C/CO. The summed E-state index contributed by atoms with van der Waals surface area (Å²) < 4.78 is 0.